The molecule has 0 radical (unpaired) electrons. The first kappa shape index (κ1) is 58.0. The Morgan fingerprint density at radius 2 is 0.597 bits per heavy atom. The minimum Gasteiger partial charge on any atom is -0.547 e. The van der Waals surface area contributed by atoms with Crippen LogP contribution in [0.1, 0.15) is 0 Å². The molecule has 0 amide bonds. The molecule has 2 nitrogen and oxygen atoms in total. The topological polar surface area (TPSA) is 18.5 Å². The average Bonchev–Trinajstić information content (AvgIpc) is 4.26. The number of hydrogen-bond donors (Lipinski definition) is 0. The van der Waals surface area contributed by atoms with Crippen LogP contribution in [0, 0.1) is 12.1 Å². The second kappa shape index (κ2) is 39.0. The van der Waals surface area contributed by atoms with Crippen LogP contribution >= 0.6 is 15.8 Å². The molecule has 0 atom stereocenters. The van der Waals surface area contributed by atoms with Crippen LogP contribution in [0.2, 0.25) is 0 Å². The Morgan fingerprint density at radius 3 is 0.791 bits per heavy atom. The summed E-state index contributed by atoms with van der Waals surface area (Å²) in [6, 6.07) is 104. The van der Waals surface area contributed by atoms with E-state index in [4.69, 9.17) is 9.47 Å². The molecule has 0 aliphatic heterocycles. The van der Waals surface area contributed by atoms with E-state index in [0.29, 0.717) is 0 Å². The fourth-order valence-electron chi connectivity index (χ4n) is 6.24. The predicted octanol–water partition coefficient (Wildman–Crippen LogP) is 13.1. The number of benzene rings is 6. The molecule has 10 aromatic rings. The smallest absolute Gasteiger partial charge is 0.547 e. The van der Waals surface area contributed by atoms with E-state index in [1.165, 1.54) is 21.2 Å². The zero-order chi connectivity index (χ0) is 44.2. The summed E-state index contributed by atoms with van der Waals surface area (Å²) in [5, 5.41) is 5.78. The van der Waals surface area contributed by atoms with Crippen molar-refractivity contribution in [1.82, 2.24) is 0 Å². The van der Waals surface area contributed by atoms with Gasteiger partial charge in [-0.15, -0.1) is 24.3 Å². The SMILES string of the molecule is [Fe].[Fe].[Pt+2].[c-]1ccccc1.[c-]1ccccc1.c1cc[cH-]c1.c1cc[cH-]c1.c1ccc([PH+](CCO[c-]2cccc2)c2ccccc2)cc1.c1ccc([PH+](CCO[c-]2cccc2)c2ccccc2)cc1. The fourth-order valence-corrected chi connectivity index (χ4v) is 11.1. The van der Waals surface area contributed by atoms with E-state index in [-0.39, 0.29) is 55.2 Å². The molecule has 0 aliphatic carbocycles. The monoisotopic (exact) mass is 1180 g/mol. The number of ether oxygens (including phenoxy) is 2. The van der Waals surface area contributed by atoms with Crippen molar-refractivity contribution >= 4 is 37.1 Å². The zero-order valence-electron chi connectivity index (χ0n) is 37.4. The first-order valence-corrected chi connectivity index (χ1v) is 25.1. The van der Waals surface area contributed by atoms with Crippen LogP contribution in [0.5, 0.6) is 11.5 Å². The third-order valence-electron chi connectivity index (χ3n) is 9.32. The van der Waals surface area contributed by atoms with Crippen molar-refractivity contribution in [3.8, 4) is 11.5 Å². The largest absolute Gasteiger partial charge is 2.00 e. The number of rotatable bonds is 12. The van der Waals surface area contributed by atoms with Crippen molar-refractivity contribution in [2.24, 2.45) is 0 Å². The standard InChI is InChI=1S/2C19H18OP.2C6H5.2C5H5.2Fe.Pt/c2*1-3-11-18(12-4-1)21(19-13-5-2-6-14-19)16-15-20-17-9-7-8-10-17;2*1-2-4-6-5-3-1;2*1-2-4-5-3-1;;;/h2*1-14H,15-16H2;2*1-5H;2*1-5H;;;/q6*-1;;;+2/p+2. The molecule has 0 N–H and O–H groups in total. The van der Waals surface area contributed by atoms with E-state index < -0.39 is 15.8 Å². The molecular formula is C60H58Fe2O2P2Pt-2. The normalized spacial score (nSPS) is 9.34. The molecule has 0 heterocycles. The molecule has 0 spiro atoms. The molecule has 0 saturated heterocycles. The minimum absolute atomic E-state index is 0. The summed E-state index contributed by atoms with van der Waals surface area (Å²) in [4.78, 5) is 0. The van der Waals surface area contributed by atoms with Gasteiger partial charge in [0, 0.05) is 45.6 Å². The van der Waals surface area contributed by atoms with Crippen LogP contribution in [0.25, 0.3) is 0 Å². The van der Waals surface area contributed by atoms with Crippen molar-refractivity contribution in [3.05, 3.63) is 303 Å². The van der Waals surface area contributed by atoms with Gasteiger partial charge in [0.05, 0.1) is 49.4 Å². The molecule has 10 aromatic carbocycles. The quantitative estimate of drug-likeness (QED) is 0.0690. The summed E-state index contributed by atoms with van der Waals surface area (Å²) in [6.07, 6.45) is 2.15. The zero-order valence-corrected chi connectivity index (χ0v) is 43.9. The van der Waals surface area contributed by atoms with Crippen LogP contribution in [0.4, 0.5) is 0 Å². The van der Waals surface area contributed by atoms with E-state index in [1.807, 2.05) is 170 Å². The van der Waals surface area contributed by atoms with Crippen LogP contribution in [-0.2, 0) is 55.2 Å². The Bertz CT molecular complexity index is 2080. The second-order valence-electron chi connectivity index (χ2n) is 13.9. The van der Waals surface area contributed by atoms with Gasteiger partial charge in [0.25, 0.3) is 0 Å². The Labute approximate surface area is 438 Å². The van der Waals surface area contributed by atoms with Gasteiger partial charge in [0.15, 0.2) is 0 Å². The first-order chi connectivity index (χ1) is 31.9. The van der Waals surface area contributed by atoms with Crippen LogP contribution in [0.3, 0.4) is 0 Å². The molecule has 7 heteroatoms. The predicted molar refractivity (Wildman–Crippen MR) is 280 cm³/mol. The summed E-state index contributed by atoms with van der Waals surface area (Å²) >= 11 is 0. The van der Waals surface area contributed by atoms with Crippen molar-refractivity contribution in [3.63, 3.8) is 0 Å². The third-order valence-corrected chi connectivity index (χ3v) is 14.8. The van der Waals surface area contributed by atoms with Crippen molar-refractivity contribution in [2.75, 3.05) is 25.5 Å². The molecule has 0 unspecified atom stereocenters. The van der Waals surface area contributed by atoms with Gasteiger partial charge in [-0.3, -0.25) is 0 Å². The van der Waals surface area contributed by atoms with Crippen molar-refractivity contribution in [2.45, 2.75) is 0 Å². The summed E-state index contributed by atoms with van der Waals surface area (Å²) in [5.41, 5.74) is 0. The maximum absolute atomic E-state index is 5.84. The second-order valence-corrected chi connectivity index (χ2v) is 19.2. The average molecular weight is 1180 g/mol. The van der Waals surface area contributed by atoms with E-state index in [9.17, 15) is 0 Å². The van der Waals surface area contributed by atoms with Gasteiger partial charge in [0.2, 0.25) is 0 Å². The van der Waals surface area contributed by atoms with Gasteiger partial charge < -0.3 is 9.47 Å². The Hall–Kier alpha value is -5.09. The summed E-state index contributed by atoms with van der Waals surface area (Å²) in [5.74, 6) is 1.94. The minimum atomic E-state index is -0.778. The molecule has 0 aliphatic rings. The van der Waals surface area contributed by atoms with Crippen molar-refractivity contribution < 1.29 is 64.7 Å². The van der Waals surface area contributed by atoms with Gasteiger partial charge in [0.1, 0.15) is 13.2 Å². The van der Waals surface area contributed by atoms with Gasteiger partial charge >= 0.3 is 21.1 Å². The maximum Gasteiger partial charge on any atom is 2.00 e. The molecule has 0 bridgehead atoms. The third kappa shape index (κ3) is 25.6. The Morgan fingerprint density at radius 1 is 0.343 bits per heavy atom. The van der Waals surface area contributed by atoms with Gasteiger partial charge in [-0.05, 0) is 48.5 Å². The molecule has 0 saturated carbocycles. The van der Waals surface area contributed by atoms with Crippen LogP contribution < -0.4 is 30.7 Å². The summed E-state index contributed by atoms with van der Waals surface area (Å²) in [7, 11) is -1.56. The van der Waals surface area contributed by atoms with Gasteiger partial charge in [-0.1, -0.05) is 72.8 Å². The first-order valence-electron chi connectivity index (χ1n) is 21.6. The number of hydrogen-bond acceptors (Lipinski definition) is 2. The van der Waals surface area contributed by atoms with E-state index in [2.05, 4.69) is 133 Å². The molecular weight excluding hydrogens is 1120 g/mol. The van der Waals surface area contributed by atoms with E-state index >= 15 is 0 Å². The van der Waals surface area contributed by atoms with Crippen LogP contribution in [0.15, 0.2) is 291 Å². The molecule has 348 valence electrons. The van der Waals surface area contributed by atoms with Gasteiger partial charge in [-0.25, -0.2) is 48.5 Å². The summed E-state index contributed by atoms with van der Waals surface area (Å²) < 4.78 is 11.7. The van der Waals surface area contributed by atoms with E-state index in [0.717, 1.165) is 37.0 Å². The molecule has 0 fully saturated rings. The van der Waals surface area contributed by atoms with Gasteiger partial charge in [-0.2, -0.15) is 109 Å². The molecule has 0 aromatic heterocycles. The summed E-state index contributed by atoms with van der Waals surface area (Å²) in [6.45, 7) is 1.53. The molecule has 10 rings (SSSR count). The maximum atomic E-state index is 5.84. The van der Waals surface area contributed by atoms with E-state index in [1.54, 1.807) is 0 Å². The molecule has 67 heavy (non-hydrogen) atoms. The van der Waals surface area contributed by atoms with Crippen molar-refractivity contribution in [1.29, 1.82) is 0 Å². The Kier molecular flexibility index (Phi) is 33.7. The van der Waals surface area contributed by atoms with Crippen LogP contribution in [-0.4, -0.2) is 25.5 Å². The fraction of sp³-hybridized carbons (Fsp3) is 0.0667. The Balaban J connectivity index is 0.000000308.